The van der Waals surface area contributed by atoms with E-state index in [1.54, 1.807) is 17.9 Å². The topological polar surface area (TPSA) is 130 Å². The van der Waals surface area contributed by atoms with Crippen LogP contribution in [0.5, 0.6) is 5.75 Å². The molecular weight excluding hydrogens is 617 g/mol. The fourth-order valence-corrected chi connectivity index (χ4v) is 6.87. The van der Waals surface area contributed by atoms with Crippen LogP contribution in [0.2, 0.25) is 0 Å². The van der Waals surface area contributed by atoms with Crippen molar-refractivity contribution < 1.29 is 33.7 Å². The van der Waals surface area contributed by atoms with Crippen molar-refractivity contribution in [1.29, 1.82) is 0 Å². The highest BCUT2D eigenvalue weighted by Gasteiger charge is 2.37. The second-order valence-electron chi connectivity index (χ2n) is 13.3. The van der Waals surface area contributed by atoms with Gasteiger partial charge in [0.1, 0.15) is 17.4 Å². The van der Waals surface area contributed by atoms with Crippen molar-refractivity contribution in [3.8, 4) is 5.75 Å². The predicted molar refractivity (Wildman–Crippen MR) is 180 cm³/mol. The number of cyclic esters (lactones) is 1. The van der Waals surface area contributed by atoms with Gasteiger partial charge in [0.05, 0.1) is 37.7 Å². The fourth-order valence-electron chi connectivity index (χ4n) is 6.87. The fraction of sp³-hybridized carbons (Fsp3) is 0.500. The molecule has 11 nitrogen and oxygen atoms in total. The minimum atomic E-state index is -0.941. The minimum absolute atomic E-state index is 0.0538. The van der Waals surface area contributed by atoms with E-state index in [0.717, 1.165) is 11.3 Å². The summed E-state index contributed by atoms with van der Waals surface area (Å²) in [5, 5.41) is 29.0. The number of piperazine rings is 1. The van der Waals surface area contributed by atoms with E-state index in [9.17, 15) is 19.8 Å². The van der Waals surface area contributed by atoms with Crippen LogP contribution in [0, 0.1) is 23.6 Å². The molecular formula is C36H46FN5O6. The van der Waals surface area contributed by atoms with Crippen molar-refractivity contribution >= 4 is 29.2 Å². The number of carbonyl (C=O) groups is 2. The van der Waals surface area contributed by atoms with Crippen molar-refractivity contribution in [2.24, 2.45) is 17.8 Å². The molecule has 0 aliphatic carbocycles. The summed E-state index contributed by atoms with van der Waals surface area (Å²) in [6, 6.07) is 10.5. The van der Waals surface area contributed by atoms with E-state index in [1.807, 2.05) is 57.3 Å². The molecule has 3 aromatic rings. The monoisotopic (exact) mass is 663 g/mol. The zero-order valence-corrected chi connectivity index (χ0v) is 28.3. The minimum Gasteiger partial charge on any atom is -0.497 e. The normalized spacial score (nSPS) is 27.2. The maximum atomic E-state index is 15.3. The number of methoxy groups -OCH3 is 1. The van der Waals surface area contributed by atoms with E-state index in [2.05, 4.69) is 28.2 Å². The van der Waals surface area contributed by atoms with Gasteiger partial charge in [-0.25, -0.2) is 13.9 Å². The quantitative estimate of drug-likeness (QED) is 0.269. The second-order valence-corrected chi connectivity index (χ2v) is 13.3. The Morgan fingerprint density at radius 2 is 1.90 bits per heavy atom. The Balaban J connectivity index is 1.46. The number of hydrogen-bond acceptors (Lipinski definition) is 8. The van der Waals surface area contributed by atoms with Crippen LogP contribution in [0.4, 0.5) is 9.18 Å². The van der Waals surface area contributed by atoms with Gasteiger partial charge < -0.3 is 29.5 Å². The average Bonchev–Trinajstić information content (AvgIpc) is 3.45. The Bertz CT molecular complexity index is 1660. The molecule has 0 bridgehead atoms. The van der Waals surface area contributed by atoms with Crippen LogP contribution >= 0.6 is 0 Å². The molecule has 0 radical (unpaired) electrons. The molecule has 1 unspecified atom stereocenters. The van der Waals surface area contributed by atoms with Gasteiger partial charge in [-0.15, -0.1) is 5.10 Å². The number of ether oxygens (including phenoxy) is 2. The van der Waals surface area contributed by atoms with E-state index < -0.39 is 30.1 Å². The molecule has 5 rings (SSSR count). The number of aliphatic hydroxyl groups is 1. The molecule has 12 heteroatoms. The van der Waals surface area contributed by atoms with Gasteiger partial charge in [-0.05, 0) is 73.7 Å². The third-order valence-electron chi connectivity index (χ3n) is 9.63. The zero-order chi connectivity index (χ0) is 34.5. The van der Waals surface area contributed by atoms with E-state index in [1.165, 1.54) is 11.0 Å². The summed E-state index contributed by atoms with van der Waals surface area (Å²) in [6.07, 6.45) is 4.19. The Morgan fingerprint density at radius 3 is 2.60 bits per heavy atom. The first-order chi connectivity index (χ1) is 22.9. The molecule has 258 valence electrons. The molecule has 1 fully saturated rings. The summed E-state index contributed by atoms with van der Waals surface area (Å²) in [4.78, 5) is 28.9. The van der Waals surface area contributed by atoms with Crippen LogP contribution in [0.15, 0.2) is 54.1 Å². The average molecular weight is 664 g/mol. The van der Waals surface area contributed by atoms with Crippen LogP contribution in [-0.4, -0.2) is 99.1 Å². The Kier molecular flexibility index (Phi) is 11.2. The summed E-state index contributed by atoms with van der Waals surface area (Å²) < 4.78 is 28.2. The van der Waals surface area contributed by atoms with Gasteiger partial charge in [0.25, 0.3) is 0 Å². The molecule has 0 spiro atoms. The molecule has 1 aromatic heterocycles. The van der Waals surface area contributed by atoms with Crippen LogP contribution in [-0.2, 0) is 16.1 Å². The Hall–Kier alpha value is -4.29. The van der Waals surface area contributed by atoms with E-state index in [-0.39, 0.29) is 35.7 Å². The lowest BCUT2D eigenvalue weighted by molar-refractivity contribution is -0.151. The number of carbonyl (C=O) groups excluding carboxylic acids is 1. The number of carboxylic acid groups (broad SMARTS) is 1. The van der Waals surface area contributed by atoms with Crippen molar-refractivity contribution in [3.63, 3.8) is 0 Å². The number of benzene rings is 2. The van der Waals surface area contributed by atoms with Crippen molar-refractivity contribution in [2.75, 3.05) is 33.8 Å². The molecule has 2 N–H and O–H groups in total. The van der Waals surface area contributed by atoms with Gasteiger partial charge in [0.15, 0.2) is 5.82 Å². The van der Waals surface area contributed by atoms with Crippen molar-refractivity contribution in [1.82, 2.24) is 24.8 Å². The standard InChI is InChI=1S/C36H46FN5O6/c1-22-6-10-27(43)19-33(44)48-35(23(2)7-13-29(22)32-21-40(4)14-15-41(32)36(45)46)24(3)16-26-17-30(37)34-31(18-26)42(39-38-34)20-25-8-11-28(47-5)12-9-25/h7-9,11-13,16-18,22-23,27,29,32,35,43H,6,10,14-15,19-21H2,1-5H3,(H,45,46)/b13-7+,24-16+/t22-,23+,27+,29+,32?,35+/m1/s1. The number of halogens is 1. The molecule has 2 aliphatic heterocycles. The molecule has 48 heavy (non-hydrogen) atoms. The van der Waals surface area contributed by atoms with Crippen molar-refractivity contribution in [2.45, 2.75) is 64.8 Å². The summed E-state index contributed by atoms with van der Waals surface area (Å²) in [5.74, 6) is -0.661. The molecule has 0 saturated carbocycles. The van der Waals surface area contributed by atoms with Crippen LogP contribution in [0.3, 0.4) is 0 Å². The number of amides is 1. The van der Waals surface area contributed by atoms with E-state index in [0.29, 0.717) is 55.7 Å². The first-order valence-corrected chi connectivity index (χ1v) is 16.5. The molecule has 1 saturated heterocycles. The second kappa shape index (κ2) is 15.3. The van der Waals surface area contributed by atoms with Crippen LogP contribution in [0.25, 0.3) is 17.1 Å². The van der Waals surface area contributed by atoms with Gasteiger partial charge in [-0.3, -0.25) is 4.79 Å². The number of nitrogens with zero attached hydrogens (tertiary/aromatic N) is 5. The van der Waals surface area contributed by atoms with Crippen LogP contribution in [0.1, 0.15) is 51.2 Å². The first-order valence-electron chi connectivity index (χ1n) is 16.5. The molecule has 2 aromatic carbocycles. The number of aliphatic hydroxyl groups excluding tert-OH is 1. The highest BCUT2D eigenvalue weighted by molar-refractivity contribution is 5.79. The van der Waals surface area contributed by atoms with E-state index in [4.69, 9.17) is 9.47 Å². The third kappa shape index (κ3) is 8.22. The smallest absolute Gasteiger partial charge is 0.407 e. The molecule has 2 aliphatic rings. The van der Waals surface area contributed by atoms with Gasteiger partial charge in [-0.1, -0.05) is 49.4 Å². The van der Waals surface area contributed by atoms with Gasteiger partial charge in [0.2, 0.25) is 0 Å². The Labute approximate surface area is 280 Å². The lowest BCUT2D eigenvalue weighted by Crippen LogP contribution is -2.57. The molecule has 3 heterocycles. The summed E-state index contributed by atoms with van der Waals surface area (Å²) in [7, 11) is 3.60. The van der Waals surface area contributed by atoms with Gasteiger partial charge in [0, 0.05) is 31.5 Å². The lowest BCUT2D eigenvalue weighted by Gasteiger charge is -2.43. The largest absolute Gasteiger partial charge is 0.497 e. The number of likely N-dealkylation sites (N-methyl/N-ethyl adjacent to an activating group) is 1. The molecule has 1 amide bonds. The highest BCUT2D eigenvalue weighted by Crippen LogP contribution is 2.32. The maximum absolute atomic E-state index is 15.3. The van der Waals surface area contributed by atoms with Gasteiger partial charge in [-0.2, -0.15) is 0 Å². The zero-order valence-electron chi connectivity index (χ0n) is 28.3. The Morgan fingerprint density at radius 1 is 1.15 bits per heavy atom. The summed E-state index contributed by atoms with van der Waals surface area (Å²) in [5.41, 5.74) is 2.87. The third-order valence-corrected chi connectivity index (χ3v) is 9.63. The lowest BCUT2D eigenvalue weighted by atomic mass is 9.80. The first kappa shape index (κ1) is 35.0. The highest BCUT2D eigenvalue weighted by atomic mass is 19.1. The summed E-state index contributed by atoms with van der Waals surface area (Å²) in [6.45, 7) is 7.91. The number of hydrogen-bond donors (Lipinski definition) is 2. The van der Waals surface area contributed by atoms with Gasteiger partial charge >= 0.3 is 12.1 Å². The van der Waals surface area contributed by atoms with E-state index >= 15 is 4.39 Å². The predicted octanol–water partition coefficient (Wildman–Crippen LogP) is 5.23. The SMILES string of the molecule is COc1ccc(Cn2nnc3c(F)cc(/C=C(\C)[C@H]4OC(=O)C[C@@H](O)CC[C@@H](C)[C@@H](C5CN(C)CCN5C(=O)O)/C=C/[C@@H]4C)cc32)cc1. The summed E-state index contributed by atoms with van der Waals surface area (Å²) >= 11 is 0. The number of aromatic nitrogens is 3. The van der Waals surface area contributed by atoms with Crippen molar-refractivity contribution in [3.05, 3.63) is 71.1 Å². The maximum Gasteiger partial charge on any atom is 0.407 e. The molecule has 6 atom stereocenters. The number of esters is 1. The number of rotatable bonds is 6. The van der Waals surface area contributed by atoms with Crippen LogP contribution < -0.4 is 4.74 Å². The number of fused-ring (bicyclic) bond motifs is 1.